The highest BCUT2D eigenvalue weighted by molar-refractivity contribution is 7.10. The fourth-order valence-electron chi connectivity index (χ4n) is 2.32. The van der Waals surface area contributed by atoms with E-state index in [4.69, 9.17) is 5.73 Å². The Balaban J connectivity index is 0.00000180. The monoisotopic (exact) mass is 304 g/mol. The van der Waals surface area contributed by atoms with Crippen LogP contribution >= 0.6 is 23.7 Å². The number of aliphatic hydroxyl groups is 1. The van der Waals surface area contributed by atoms with Gasteiger partial charge >= 0.3 is 0 Å². The molecule has 0 bridgehead atoms. The van der Waals surface area contributed by atoms with Crippen molar-refractivity contribution >= 4 is 29.7 Å². The topological polar surface area (TPSA) is 75.3 Å². The van der Waals surface area contributed by atoms with Gasteiger partial charge < -0.3 is 16.2 Å². The molecule has 108 valence electrons. The molecule has 19 heavy (non-hydrogen) atoms. The van der Waals surface area contributed by atoms with E-state index < -0.39 is 6.10 Å². The Labute approximate surface area is 123 Å². The van der Waals surface area contributed by atoms with Crippen molar-refractivity contribution in [3.63, 3.8) is 0 Å². The number of nitrogens with one attached hydrogen (secondary N) is 1. The molecular formula is C13H21ClN2O2S. The van der Waals surface area contributed by atoms with E-state index in [1.165, 1.54) is 10.4 Å². The molecule has 1 aromatic heterocycles. The zero-order valence-electron chi connectivity index (χ0n) is 11.0. The minimum absolute atomic E-state index is 0. The van der Waals surface area contributed by atoms with Crippen LogP contribution in [0.2, 0.25) is 0 Å². The maximum absolute atomic E-state index is 12.0. The van der Waals surface area contributed by atoms with Crippen LogP contribution < -0.4 is 11.1 Å². The fourth-order valence-corrected chi connectivity index (χ4v) is 3.17. The lowest BCUT2D eigenvalue weighted by molar-refractivity contribution is -0.127. The molecule has 1 fully saturated rings. The third kappa shape index (κ3) is 4.18. The van der Waals surface area contributed by atoms with Crippen LogP contribution in [0, 0.1) is 12.8 Å². The van der Waals surface area contributed by atoms with Crippen molar-refractivity contribution in [1.29, 1.82) is 0 Å². The molecule has 1 heterocycles. The molecule has 2 rings (SSSR count). The lowest BCUT2D eigenvalue weighted by Crippen LogP contribution is -2.44. The molecule has 1 aliphatic rings. The van der Waals surface area contributed by atoms with E-state index in [1.807, 2.05) is 12.3 Å². The lowest BCUT2D eigenvalue weighted by atomic mass is 9.84. The zero-order valence-corrected chi connectivity index (χ0v) is 12.6. The van der Waals surface area contributed by atoms with Crippen LogP contribution in [-0.4, -0.2) is 23.2 Å². The van der Waals surface area contributed by atoms with Gasteiger partial charge in [-0.05, 0) is 43.2 Å². The van der Waals surface area contributed by atoms with E-state index in [0.717, 1.165) is 6.42 Å². The highest BCUT2D eigenvalue weighted by Crippen LogP contribution is 2.24. The summed E-state index contributed by atoms with van der Waals surface area (Å²) in [6.07, 6.45) is 1.48. The normalized spacial score (nSPS) is 26.6. The molecule has 1 saturated carbocycles. The fraction of sp³-hybridized carbons (Fsp3) is 0.615. The Bertz CT molecular complexity index is 425. The van der Waals surface area contributed by atoms with Crippen molar-refractivity contribution in [2.24, 2.45) is 11.7 Å². The number of hydrogen-bond acceptors (Lipinski definition) is 4. The van der Waals surface area contributed by atoms with E-state index in [0.29, 0.717) is 19.4 Å². The van der Waals surface area contributed by atoms with Gasteiger partial charge in [-0.25, -0.2) is 0 Å². The first-order valence-corrected chi connectivity index (χ1v) is 7.20. The Morgan fingerprint density at radius 3 is 2.89 bits per heavy atom. The number of hydrogen-bond donors (Lipinski definition) is 3. The van der Waals surface area contributed by atoms with Gasteiger partial charge in [-0.3, -0.25) is 4.79 Å². The second-order valence-electron chi connectivity index (χ2n) is 4.99. The number of aliphatic hydroxyl groups excluding tert-OH is 1. The van der Waals surface area contributed by atoms with E-state index in [9.17, 15) is 9.90 Å². The molecule has 0 aliphatic heterocycles. The number of thiophene rings is 1. The maximum atomic E-state index is 12.0. The summed E-state index contributed by atoms with van der Waals surface area (Å²) in [6, 6.07) is 1.79. The number of nitrogens with two attached hydrogens (primary N) is 1. The quantitative estimate of drug-likeness (QED) is 0.793. The van der Waals surface area contributed by atoms with Crippen LogP contribution in [0.4, 0.5) is 0 Å². The Morgan fingerprint density at radius 1 is 1.58 bits per heavy atom. The predicted molar refractivity (Wildman–Crippen MR) is 79.5 cm³/mol. The van der Waals surface area contributed by atoms with Crippen LogP contribution in [0.1, 0.15) is 29.7 Å². The van der Waals surface area contributed by atoms with E-state index in [-0.39, 0.29) is 30.3 Å². The Hall–Kier alpha value is -0.620. The first-order valence-electron chi connectivity index (χ1n) is 6.32. The minimum Gasteiger partial charge on any atom is -0.392 e. The number of rotatable bonds is 3. The van der Waals surface area contributed by atoms with E-state index >= 15 is 0 Å². The van der Waals surface area contributed by atoms with Crippen molar-refractivity contribution in [3.8, 4) is 0 Å². The van der Waals surface area contributed by atoms with Crippen LogP contribution in [0.3, 0.4) is 0 Å². The zero-order chi connectivity index (χ0) is 13.1. The van der Waals surface area contributed by atoms with Gasteiger partial charge in [-0.2, -0.15) is 0 Å². The van der Waals surface area contributed by atoms with Crippen LogP contribution in [0.25, 0.3) is 0 Å². The third-order valence-corrected chi connectivity index (χ3v) is 4.65. The molecular weight excluding hydrogens is 284 g/mol. The molecule has 1 amide bonds. The molecule has 0 radical (unpaired) electrons. The van der Waals surface area contributed by atoms with Gasteiger partial charge in [0, 0.05) is 16.8 Å². The summed E-state index contributed by atoms with van der Waals surface area (Å²) in [5.74, 6) is 0.00817. The van der Waals surface area contributed by atoms with Gasteiger partial charge in [0.05, 0.1) is 12.6 Å². The summed E-state index contributed by atoms with van der Waals surface area (Å²) in [6.45, 7) is 2.64. The van der Waals surface area contributed by atoms with Crippen molar-refractivity contribution in [2.75, 3.05) is 0 Å². The molecule has 0 saturated heterocycles. The summed E-state index contributed by atoms with van der Waals surface area (Å²) in [7, 11) is 0. The minimum atomic E-state index is -0.450. The van der Waals surface area contributed by atoms with Crippen molar-refractivity contribution < 1.29 is 9.90 Å². The number of halogens is 1. The van der Waals surface area contributed by atoms with Gasteiger partial charge in [-0.15, -0.1) is 23.7 Å². The third-order valence-electron chi connectivity index (χ3n) is 3.62. The van der Waals surface area contributed by atoms with Gasteiger partial charge in [0.1, 0.15) is 0 Å². The molecule has 3 atom stereocenters. The summed E-state index contributed by atoms with van der Waals surface area (Å²) < 4.78 is 0. The molecule has 1 aliphatic carbocycles. The van der Waals surface area contributed by atoms with E-state index in [2.05, 4.69) is 11.4 Å². The first kappa shape index (κ1) is 16.4. The summed E-state index contributed by atoms with van der Waals surface area (Å²) in [4.78, 5) is 13.2. The van der Waals surface area contributed by atoms with Gasteiger partial charge in [0.25, 0.3) is 0 Å². The largest absolute Gasteiger partial charge is 0.392 e. The van der Waals surface area contributed by atoms with Gasteiger partial charge in [0.15, 0.2) is 0 Å². The molecule has 4 nitrogen and oxygen atoms in total. The molecule has 1 aromatic rings. The van der Waals surface area contributed by atoms with Crippen molar-refractivity contribution in [3.05, 3.63) is 21.9 Å². The Kier molecular flexibility index (Phi) is 6.26. The maximum Gasteiger partial charge on any atom is 0.223 e. The lowest BCUT2D eigenvalue weighted by Gasteiger charge is -2.29. The Morgan fingerprint density at radius 2 is 2.32 bits per heavy atom. The van der Waals surface area contributed by atoms with Crippen LogP contribution in [-0.2, 0) is 11.3 Å². The standard InChI is InChI=1S/C13H20N2O2S.ClH/c1-8-4-5-18-12(8)7-15-13(17)9-2-3-11(16)10(14)6-9;/h4-5,9-11,16H,2-3,6-7,14H2,1H3,(H,15,17);1H/t9-,10+,11+;/m0./s1. The average Bonchev–Trinajstić information content (AvgIpc) is 2.75. The second kappa shape index (κ2) is 7.24. The smallest absolute Gasteiger partial charge is 0.223 e. The highest BCUT2D eigenvalue weighted by Gasteiger charge is 2.30. The molecule has 0 spiro atoms. The molecule has 0 aromatic carbocycles. The number of carbonyl (C=O) groups is 1. The molecule has 4 N–H and O–H groups in total. The summed E-state index contributed by atoms with van der Waals surface area (Å²) in [5, 5.41) is 14.5. The summed E-state index contributed by atoms with van der Waals surface area (Å²) >= 11 is 1.66. The highest BCUT2D eigenvalue weighted by atomic mass is 35.5. The molecule has 6 heteroatoms. The SMILES string of the molecule is Cc1ccsc1CNC(=O)[C@H]1CC[C@@H](O)[C@H](N)C1.Cl. The van der Waals surface area contributed by atoms with Crippen molar-refractivity contribution in [2.45, 2.75) is 44.9 Å². The molecule has 0 unspecified atom stereocenters. The second-order valence-corrected chi connectivity index (χ2v) is 5.99. The van der Waals surface area contributed by atoms with Gasteiger partial charge in [0.2, 0.25) is 5.91 Å². The first-order chi connectivity index (χ1) is 8.58. The van der Waals surface area contributed by atoms with Gasteiger partial charge in [-0.1, -0.05) is 0 Å². The average molecular weight is 305 g/mol. The van der Waals surface area contributed by atoms with Crippen molar-refractivity contribution in [1.82, 2.24) is 5.32 Å². The number of carbonyl (C=O) groups excluding carboxylic acids is 1. The van der Waals surface area contributed by atoms with E-state index in [1.54, 1.807) is 11.3 Å². The van der Waals surface area contributed by atoms with Crippen LogP contribution in [0.15, 0.2) is 11.4 Å². The summed E-state index contributed by atoms with van der Waals surface area (Å²) in [5.41, 5.74) is 7.01. The number of amides is 1. The number of aryl methyl sites for hydroxylation is 1. The van der Waals surface area contributed by atoms with Crippen LogP contribution in [0.5, 0.6) is 0 Å². The predicted octanol–water partition coefficient (Wildman–Crippen LogP) is 1.58.